The van der Waals surface area contributed by atoms with Crippen molar-refractivity contribution in [2.24, 2.45) is 0 Å². The maximum atomic E-state index is 12.6. The molecule has 1 aromatic carbocycles. The first kappa shape index (κ1) is 15.1. The molecule has 0 aliphatic rings. The normalized spacial score (nSPS) is 11.7. The number of hydrogen-bond acceptors (Lipinski definition) is 3. The first-order valence-electron chi connectivity index (χ1n) is 5.58. The number of hydrogen-bond donors (Lipinski definition) is 2. The number of carboxylic acids is 1. The van der Waals surface area contributed by atoms with Gasteiger partial charge in [-0.05, 0) is 32.0 Å². The summed E-state index contributed by atoms with van der Waals surface area (Å²) in [6.07, 6.45) is -4.42. The Morgan fingerprint density at radius 2 is 2.00 bits per heavy atom. The molecule has 0 fully saturated rings. The lowest BCUT2D eigenvalue weighted by molar-refractivity contribution is -0.120. The van der Waals surface area contributed by atoms with E-state index >= 15 is 0 Å². The van der Waals surface area contributed by atoms with E-state index < -0.39 is 24.7 Å². The van der Waals surface area contributed by atoms with E-state index in [1.165, 1.54) is 12.1 Å². The van der Waals surface area contributed by atoms with Crippen LogP contribution in [0.1, 0.15) is 24.2 Å². The van der Waals surface area contributed by atoms with Crippen LogP contribution in [0.4, 0.5) is 24.5 Å². The topological polar surface area (TPSA) is 66.6 Å². The van der Waals surface area contributed by atoms with Crippen LogP contribution >= 0.6 is 0 Å². The third kappa shape index (κ3) is 4.04. The van der Waals surface area contributed by atoms with Gasteiger partial charge in [-0.15, -0.1) is 0 Å². The smallest absolute Gasteiger partial charge is 0.405 e. The summed E-state index contributed by atoms with van der Waals surface area (Å²) >= 11 is 0. The molecule has 0 spiro atoms. The molecule has 4 nitrogen and oxygen atoms in total. The Hall–Kier alpha value is -1.92. The van der Waals surface area contributed by atoms with Crippen LogP contribution in [-0.4, -0.2) is 29.8 Å². The summed E-state index contributed by atoms with van der Waals surface area (Å²) in [5.74, 6) is -1.31. The fraction of sp³-hybridized carbons (Fsp3) is 0.417. The molecule has 0 saturated carbocycles. The second kappa shape index (κ2) is 5.38. The summed E-state index contributed by atoms with van der Waals surface area (Å²) in [4.78, 5) is 12.1. The maximum Gasteiger partial charge on any atom is 0.405 e. The van der Waals surface area contributed by atoms with Gasteiger partial charge >= 0.3 is 12.1 Å². The van der Waals surface area contributed by atoms with Crippen LogP contribution in [0.3, 0.4) is 0 Å². The van der Waals surface area contributed by atoms with Crippen LogP contribution in [-0.2, 0) is 0 Å². The van der Waals surface area contributed by atoms with Crippen molar-refractivity contribution in [1.29, 1.82) is 0 Å². The zero-order chi connectivity index (χ0) is 14.8. The molecule has 0 saturated heterocycles. The van der Waals surface area contributed by atoms with E-state index in [0.29, 0.717) is 0 Å². The molecule has 1 rings (SSSR count). The molecule has 7 heteroatoms. The monoisotopic (exact) mass is 276 g/mol. The third-order valence-electron chi connectivity index (χ3n) is 2.53. The average molecular weight is 276 g/mol. The van der Waals surface area contributed by atoms with E-state index in [0.717, 1.165) is 11.0 Å². The van der Waals surface area contributed by atoms with E-state index in [2.05, 4.69) is 0 Å². The van der Waals surface area contributed by atoms with Gasteiger partial charge in [0.05, 0.1) is 11.3 Å². The van der Waals surface area contributed by atoms with Gasteiger partial charge in [0, 0.05) is 11.7 Å². The predicted octanol–water partition coefficient (Wildman–Crippen LogP) is 2.74. The highest BCUT2D eigenvalue weighted by Crippen LogP contribution is 2.28. The molecule has 0 heterocycles. The molecule has 0 atom stereocenters. The van der Waals surface area contributed by atoms with Gasteiger partial charge < -0.3 is 15.7 Å². The average Bonchev–Trinajstić information content (AvgIpc) is 2.24. The van der Waals surface area contributed by atoms with Crippen molar-refractivity contribution < 1.29 is 23.1 Å². The minimum atomic E-state index is -4.42. The lowest BCUT2D eigenvalue weighted by Crippen LogP contribution is -2.40. The summed E-state index contributed by atoms with van der Waals surface area (Å²) < 4.78 is 37.7. The number of nitrogen functional groups attached to an aromatic ring is 1. The molecular formula is C12H15F3N2O2. The number of nitrogens with two attached hydrogens (primary N) is 1. The van der Waals surface area contributed by atoms with Crippen molar-refractivity contribution in [3.8, 4) is 0 Å². The number of alkyl halides is 3. The molecule has 0 amide bonds. The largest absolute Gasteiger partial charge is 0.478 e. The van der Waals surface area contributed by atoms with Crippen LogP contribution in [0.25, 0.3) is 0 Å². The molecule has 0 aliphatic carbocycles. The molecule has 0 aromatic heterocycles. The third-order valence-corrected chi connectivity index (χ3v) is 2.53. The zero-order valence-corrected chi connectivity index (χ0v) is 10.5. The van der Waals surface area contributed by atoms with E-state index in [1.807, 2.05) is 0 Å². The van der Waals surface area contributed by atoms with Crippen LogP contribution in [0.2, 0.25) is 0 Å². The highest BCUT2D eigenvalue weighted by atomic mass is 19.4. The first-order valence-corrected chi connectivity index (χ1v) is 5.58. The van der Waals surface area contributed by atoms with Crippen molar-refractivity contribution in [2.75, 3.05) is 17.2 Å². The number of halogens is 3. The Morgan fingerprint density at radius 3 is 2.42 bits per heavy atom. The van der Waals surface area contributed by atoms with Crippen LogP contribution in [0.5, 0.6) is 0 Å². The number of aromatic carboxylic acids is 1. The Bertz CT molecular complexity index is 473. The fourth-order valence-electron chi connectivity index (χ4n) is 1.71. The van der Waals surface area contributed by atoms with Crippen molar-refractivity contribution in [1.82, 2.24) is 0 Å². The second-order valence-electron chi connectivity index (χ2n) is 4.42. The fourth-order valence-corrected chi connectivity index (χ4v) is 1.71. The number of benzene rings is 1. The van der Waals surface area contributed by atoms with Crippen molar-refractivity contribution in [2.45, 2.75) is 26.1 Å². The van der Waals surface area contributed by atoms with Crippen LogP contribution in [0, 0.1) is 0 Å². The number of rotatable bonds is 4. The van der Waals surface area contributed by atoms with Gasteiger partial charge in [0.2, 0.25) is 0 Å². The number of nitrogens with zero attached hydrogens (tertiary/aromatic N) is 1. The van der Waals surface area contributed by atoms with Crippen molar-refractivity contribution in [3.05, 3.63) is 23.8 Å². The molecule has 1 aromatic rings. The van der Waals surface area contributed by atoms with E-state index in [4.69, 9.17) is 10.8 Å². The summed E-state index contributed by atoms with van der Waals surface area (Å²) in [5.41, 5.74) is 5.43. The zero-order valence-electron chi connectivity index (χ0n) is 10.5. The quantitative estimate of drug-likeness (QED) is 0.830. The minimum absolute atomic E-state index is 0.00836. The molecular weight excluding hydrogens is 261 g/mol. The van der Waals surface area contributed by atoms with E-state index in [-0.39, 0.29) is 16.9 Å². The molecule has 0 radical (unpaired) electrons. The summed E-state index contributed by atoms with van der Waals surface area (Å²) in [7, 11) is 0. The summed E-state index contributed by atoms with van der Waals surface area (Å²) in [6, 6.07) is 3.34. The van der Waals surface area contributed by atoms with E-state index in [1.54, 1.807) is 13.8 Å². The highest BCUT2D eigenvalue weighted by molar-refractivity contribution is 5.95. The maximum absolute atomic E-state index is 12.6. The molecule has 0 aliphatic heterocycles. The van der Waals surface area contributed by atoms with Crippen LogP contribution < -0.4 is 10.6 Å². The Morgan fingerprint density at radius 1 is 1.42 bits per heavy atom. The molecule has 0 unspecified atom stereocenters. The van der Waals surface area contributed by atoms with Gasteiger partial charge in [-0.2, -0.15) is 13.2 Å². The van der Waals surface area contributed by atoms with Gasteiger partial charge in [0.15, 0.2) is 0 Å². The van der Waals surface area contributed by atoms with Gasteiger partial charge in [0.25, 0.3) is 0 Å². The van der Waals surface area contributed by atoms with Gasteiger partial charge in [-0.1, -0.05) is 0 Å². The molecule has 19 heavy (non-hydrogen) atoms. The summed E-state index contributed by atoms with van der Waals surface area (Å²) in [5, 5.41) is 9.06. The van der Waals surface area contributed by atoms with Gasteiger partial charge in [-0.3, -0.25) is 0 Å². The molecule has 106 valence electrons. The van der Waals surface area contributed by atoms with Crippen molar-refractivity contribution in [3.63, 3.8) is 0 Å². The highest BCUT2D eigenvalue weighted by Gasteiger charge is 2.33. The first-order chi connectivity index (χ1) is 8.61. The molecule has 3 N–H and O–H groups in total. The number of carboxylic acid groups (broad SMARTS) is 1. The van der Waals surface area contributed by atoms with E-state index in [9.17, 15) is 18.0 Å². The Kier molecular flexibility index (Phi) is 4.28. The number of carbonyl (C=O) groups is 1. The van der Waals surface area contributed by atoms with Gasteiger partial charge in [-0.25, -0.2) is 4.79 Å². The summed E-state index contributed by atoms with van der Waals surface area (Å²) in [6.45, 7) is 1.91. The predicted molar refractivity (Wildman–Crippen MR) is 66.4 cm³/mol. The number of anilines is 2. The lowest BCUT2D eigenvalue weighted by Gasteiger charge is -2.31. The van der Waals surface area contributed by atoms with Gasteiger partial charge in [0.1, 0.15) is 6.54 Å². The Balaban J connectivity index is 3.27. The van der Waals surface area contributed by atoms with Crippen LogP contribution in [0.15, 0.2) is 18.2 Å². The second-order valence-corrected chi connectivity index (χ2v) is 4.42. The molecule has 0 bridgehead atoms. The SMILES string of the molecule is CC(C)N(CC(F)(F)F)c1ccc(N)cc1C(=O)O. The minimum Gasteiger partial charge on any atom is -0.478 e. The Labute approximate surface area is 108 Å². The standard InChI is InChI=1S/C12H15F3N2O2/c1-7(2)17(6-12(13,14)15)10-4-3-8(16)5-9(10)11(18)19/h3-5,7H,6,16H2,1-2H3,(H,18,19). The lowest BCUT2D eigenvalue weighted by atomic mass is 10.1. The van der Waals surface area contributed by atoms with Crippen molar-refractivity contribution >= 4 is 17.3 Å².